The lowest BCUT2D eigenvalue weighted by Gasteiger charge is -2.29. The minimum absolute atomic E-state index is 0.162. The third-order valence-corrected chi connectivity index (χ3v) is 5.73. The van der Waals surface area contributed by atoms with Gasteiger partial charge in [-0.3, -0.25) is 9.59 Å². The predicted molar refractivity (Wildman–Crippen MR) is 100 cm³/mol. The first-order chi connectivity index (χ1) is 12.7. The molecule has 1 aromatic heterocycles. The van der Waals surface area contributed by atoms with Crippen molar-refractivity contribution < 1.29 is 9.59 Å². The second-order valence-electron chi connectivity index (χ2n) is 7.02. The van der Waals surface area contributed by atoms with Gasteiger partial charge in [0.2, 0.25) is 5.91 Å². The van der Waals surface area contributed by atoms with Crippen LogP contribution in [0.25, 0.3) is 0 Å². The number of nitrogens with one attached hydrogen (secondary N) is 1. The minimum atomic E-state index is -0.162. The molecule has 0 saturated heterocycles. The first kappa shape index (κ1) is 17.1. The molecule has 0 spiro atoms. The van der Waals surface area contributed by atoms with E-state index in [1.807, 2.05) is 17.0 Å². The normalized spacial score (nSPS) is 16.3. The number of amides is 2. The highest BCUT2D eigenvalue weighted by Gasteiger charge is 2.34. The topological polar surface area (TPSA) is 75.2 Å². The van der Waals surface area contributed by atoms with Gasteiger partial charge in [-0.1, -0.05) is 23.9 Å². The molecule has 1 aliphatic heterocycles. The molecule has 7 heteroatoms. The van der Waals surface area contributed by atoms with E-state index in [4.69, 9.17) is 0 Å². The number of aromatic nitrogens is 2. The lowest BCUT2D eigenvalue weighted by molar-refractivity contribution is -0.133. The Bertz CT molecular complexity index is 844. The smallest absolute Gasteiger partial charge is 0.269 e. The SMILES string of the molecule is CCCc1nnsc1C(=O)Nc1ccc2c(c1)CN(C(=O)C1CC1)CC2. The van der Waals surface area contributed by atoms with Crippen LogP contribution in [-0.4, -0.2) is 32.8 Å². The van der Waals surface area contributed by atoms with Crippen molar-refractivity contribution in [2.45, 2.75) is 45.6 Å². The van der Waals surface area contributed by atoms with E-state index in [9.17, 15) is 9.59 Å². The Kier molecular flexibility index (Phi) is 4.72. The molecule has 1 saturated carbocycles. The molecule has 1 fully saturated rings. The third kappa shape index (κ3) is 3.49. The van der Waals surface area contributed by atoms with Crippen molar-refractivity contribution in [1.29, 1.82) is 0 Å². The number of aryl methyl sites for hydroxylation is 1. The summed E-state index contributed by atoms with van der Waals surface area (Å²) < 4.78 is 3.91. The highest BCUT2D eigenvalue weighted by molar-refractivity contribution is 7.08. The van der Waals surface area contributed by atoms with Gasteiger partial charge in [0.1, 0.15) is 4.88 Å². The van der Waals surface area contributed by atoms with E-state index in [1.54, 1.807) is 0 Å². The Morgan fingerprint density at radius 3 is 2.92 bits per heavy atom. The molecule has 26 heavy (non-hydrogen) atoms. The van der Waals surface area contributed by atoms with Crippen LogP contribution in [0, 0.1) is 5.92 Å². The summed E-state index contributed by atoms with van der Waals surface area (Å²) in [5, 5.41) is 7.01. The lowest BCUT2D eigenvalue weighted by atomic mass is 9.98. The van der Waals surface area contributed by atoms with Crippen LogP contribution in [-0.2, 0) is 24.2 Å². The summed E-state index contributed by atoms with van der Waals surface area (Å²) in [7, 11) is 0. The van der Waals surface area contributed by atoms with Crippen LogP contribution in [0.5, 0.6) is 0 Å². The zero-order valence-corrected chi connectivity index (χ0v) is 15.6. The third-order valence-electron chi connectivity index (χ3n) is 4.96. The summed E-state index contributed by atoms with van der Waals surface area (Å²) in [5.41, 5.74) is 3.90. The number of nitrogens with zero attached hydrogens (tertiary/aromatic N) is 3. The molecule has 2 heterocycles. The second-order valence-corrected chi connectivity index (χ2v) is 7.77. The number of hydrogen-bond acceptors (Lipinski definition) is 5. The van der Waals surface area contributed by atoms with Gasteiger partial charge in [0.25, 0.3) is 5.91 Å². The van der Waals surface area contributed by atoms with Crippen LogP contribution in [0.3, 0.4) is 0 Å². The molecule has 1 N–H and O–H groups in total. The predicted octanol–water partition coefficient (Wildman–Crippen LogP) is 3.04. The van der Waals surface area contributed by atoms with Gasteiger partial charge < -0.3 is 10.2 Å². The molecule has 1 aromatic carbocycles. The standard InChI is InChI=1S/C19H22N4O2S/c1-2-3-16-17(26-22-21-16)18(24)20-15-7-6-12-8-9-23(11-14(12)10-15)19(25)13-4-5-13/h6-7,10,13H,2-5,8-9,11H2,1H3,(H,20,24). The first-order valence-corrected chi connectivity index (χ1v) is 9.96. The van der Waals surface area contributed by atoms with Crippen LogP contribution < -0.4 is 5.32 Å². The van der Waals surface area contributed by atoms with E-state index in [2.05, 4.69) is 27.9 Å². The number of anilines is 1. The lowest BCUT2D eigenvalue weighted by Crippen LogP contribution is -2.36. The van der Waals surface area contributed by atoms with Gasteiger partial charge in [0, 0.05) is 24.7 Å². The fourth-order valence-electron chi connectivity index (χ4n) is 3.38. The van der Waals surface area contributed by atoms with Crippen molar-refractivity contribution in [3.8, 4) is 0 Å². The maximum absolute atomic E-state index is 12.6. The van der Waals surface area contributed by atoms with Gasteiger partial charge in [-0.25, -0.2) is 0 Å². The number of hydrogen-bond donors (Lipinski definition) is 1. The fourth-order valence-corrected chi connectivity index (χ4v) is 3.98. The van der Waals surface area contributed by atoms with Crippen molar-refractivity contribution in [3.05, 3.63) is 39.9 Å². The number of rotatable bonds is 5. The fraction of sp³-hybridized carbons (Fsp3) is 0.474. The summed E-state index contributed by atoms with van der Waals surface area (Å²) in [6, 6.07) is 5.98. The summed E-state index contributed by atoms with van der Waals surface area (Å²) in [6.45, 7) is 3.48. The molecule has 0 radical (unpaired) electrons. The van der Waals surface area contributed by atoms with Crippen LogP contribution in [0.1, 0.15) is 52.7 Å². The molecule has 1 aliphatic carbocycles. The highest BCUT2D eigenvalue weighted by Crippen LogP contribution is 2.33. The minimum Gasteiger partial charge on any atom is -0.338 e. The molecule has 0 atom stereocenters. The van der Waals surface area contributed by atoms with E-state index >= 15 is 0 Å². The maximum atomic E-state index is 12.6. The number of carbonyl (C=O) groups is 2. The van der Waals surface area contributed by atoms with Crippen molar-refractivity contribution in [1.82, 2.24) is 14.5 Å². The van der Waals surface area contributed by atoms with Gasteiger partial charge >= 0.3 is 0 Å². The molecule has 6 nitrogen and oxygen atoms in total. The van der Waals surface area contributed by atoms with E-state index in [0.29, 0.717) is 11.4 Å². The monoisotopic (exact) mass is 370 g/mol. The number of benzene rings is 1. The quantitative estimate of drug-likeness (QED) is 0.878. The Morgan fingerprint density at radius 2 is 2.15 bits per heavy atom. The van der Waals surface area contributed by atoms with Crippen LogP contribution in [0.15, 0.2) is 18.2 Å². The van der Waals surface area contributed by atoms with Gasteiger partial charge in [0.15, 0.2) is 0 Å². The van der Waals surface area contributed by atoms with Crippen LogP contribution in [0.2, 0.25) is 0 Å². The van der Waals surface area contributed by atoms with E-state index < -0.39 is 0 Å². The second kappa shape index (κ2) is 7.15. The van der Waals surface area contributed by atoms with E-state index in [0.717, 1.165) is 67.1 Å². The molecule has 4 rings (SSSR count). The van der Waals surface area contributed by atoms with Crippen molar-refractivity contribution in [2.24, 2.45) is 5.92 Å². The molecule has 0 unspecified atom stereocenters. The Morgan fingerprint density at radius 1 is 1.31 bits per heavy atom. The average Bonchev–Trinajstić information content (AvgIpc) is 3.39. The van der Waals surface area contributed by atoms with Gasteiger partial charge in [-0.15, -0.1) is 5.10 Å². The van der Waals surface area contributed by atoms with Crippen LogP contribution >= 0.6 is 11.5 Å². The molecule has 2 aliphatic rings. The van der Waals surface area contributed by atoms with Gasteiger partial charge in [0.05, 0.1) is 5.69 Å². The molecule has 136 valence electrons. The summed E-state index contributed by atoms with van der Waals surface area (Å²) >= 11 is 1.13. The summed E-state index contributed by atoms with van der Waals surface area (Å²) in [4.78, 5) is 27.4. The largest absolute Gasteiger partial charge is 0.338 e. The molecular formula is C19H22N4O2S. The van der Waals surface area contributed by atoms with Gasteiger partial charge in [-0.2, -0.15) is 0 Å². The van der Waals surface area contributed by atoms with Crippen LogP contribution in [0.4, 0.5) is 5.69 Å². The Balaban J connectivity index is 1.48. The summed E-state index contributed by atoms with van der Waals surface area (Å²) in [5.74, 6) is 0.366. The first-order valence-electron chi connectivity index (χ1n) is 9.19. The van der Waals surface area contributed by atoms with Crippen molar-refractivity contribution in [3.63, 3.8) is 0 Å². The highest BCUT2D eigenvalue weighted by atomic mass is 32.1. The van der Waals surface area contributed by atoms with Gasteiger partial charge in [-0.05, 0) is 60.5 Å². The molecule has 2 aromatic rings. The number of carbonyl (C=O) groups excluding carboxylic acids is 2. The van der Waals surface area contributed by atoms with E-state index in [1.165, 1.54) is 5.56 Å². The zero-order chi connectivity index (χ0) is 18.1. The summed E-state index contributed by atoms with van der Waals surface area (Å²) in [6.07, 6.45) is 4.61. The molecular weight excluding hydrogens is 348 g/mol. The molecule has 0 bridgehead atoms. The van der Waals surface area contributed by atoms with Crippen molar-refractivity contribution >= 4 is 29.0 Å². The Hall–Kier alpha value is -2.28. The Labute approximate surface area is 156 Å². The molecule has 2 amide bonds. The number of fused-ring (bicyclic) bond motifs is 1. The van der Waals surface area contributed by atoms with E-state index in [-0.39, 0.29) is 17.7 Å². The zero-order valence-electron chi connectivity index (χ0n) is 14.8. The van der Waals surface area contributed by atoms with Crippen molar-refractivity contribution in [2.75, 3.05) is 11.9 Å². The average molecular weight is 370 g/mol. The maximum Gasteiger partial charge on any atom is 0.269 e.